The Labute approximate surface area is 96.0 Å². The van der Waals surface area contributed by atoms with E-state index in [4.69, 9.17) is 10.3 Å². The molecule has 0 aromatic carbocycles. The van der Waals surface area contributed by atoms with Crippen LogP contribution in [0.5, 0.6) is 0 Å². The summed E-state index contributed by atoms with van der Waals surface area (Å²) in [5.41, 5.74) is 5.81. The summed E-state index contributed by atoms with van der Waals surface area (Å²) >= 11 is 0. The van der Waals surface area contributed by atoms with E-state index in [1.54, 1.807) is 0 Å². The molecule has 1 fully saturated rings. The van der Waals surface area contributed by atoms with E-state index in [1.165, 1.54) is 25.6 Å². The molecule has 0 aliphatic heterocycles. The average molecular weight is 224 g/mol. The van der Waals surface area contributed by atoms with Gasteiger partial charge in [0.2, 0.25) is 5.89 Å². The van der Waals surface area contributed by atoms with Crippen molar-refractivity contribution in [3.63, 3.8) is 0 Å². The quantitative estimate of drug-likeness (QED) is 0.808. The maximum absolute atomic E-state index is 5.81. The number of hydrogen-bond acceptors (Lipinski definition) is 5. The van der Waals surface area contributed by atoms with Crippen molar-refractivity contribution in [1.82, 2.24) is 15.0 Å². The lowest BCUT2D eigenvalue weighted by molar-refractivity contribution is 0.143. The molecule has 0 bridgehead atoms. The summed E-state index contributed by atoms with van der Waals surface area (Å²) in [6.45, 7) is 4.70. The second-order valence-electron chi connectivity index (χ2n) is 4.39. The molecular weight excluding hydrogens is 204 g/mol. The summed E-state index contributed by atoms with van der Waals surface area (Å²) in [6, 6.07) is 0.585. The Hall–Kier alpha value is -0.940. The fourth-order valence-electron chi connectivity index (χ4n) is 2.68. The van der Waals surface area contributed by atoms with Crippen molar-refractivity contribution in [2.75, 3.05) is 13.1 Å². The Balaban J connectivity index is 1.98. The first-order valence-corrected chi connectivity index (χ1v) is 6.04. The van der Waals surface area contributed by atoms with E-state index in [-0.39, 0.29) is 0 Å². The van der Waals surface area contributed by atoms with E-state index in [1.807, 2.05) is 0 Å². The van der Waals surface area contributed by atoms with Gasteiger partial charge < -0.3 is 10.3 Å². The van der Waals surface area contributed by atoms with Crippen molar-refractivity contribution in [2.45, 2.75) is 38.8 Å². The first-order chi connectivity index (χ1) is 7.85. The molecule has 0 radical (unpaired) electrons. The fraction of sp³-hybridized carbons (Fsp3) is 0.818. The van der Waals surface area contributed by atoms with Crippen LogP contribution in [0.2, 0.25) is 0 Å². The largest absolute Gasteiger partial charge is 0.338 e. The van der Waals surface area contributed by atoms with Crippen molar-refractivity contribution in [1.29, 1.82) is 0 Å². The monoisotopic (exact) mass is 224 g/mol. The zero-order chi connectivity index (χ0) is 11.4. The van der Waals surface area contributed by atoms with Gasteiger partial charge in [-0.15, -0.1) is 0 Å². The van der Waals surface area contributed by atoms with Gasteiger partial charge in [-0.2, -0.15) is 4.98 Å². The topological polar surface area (TPSA) is 68.2 Å². The average Bonchev–Trinajstić information content (AvgIpc) is 2.96. The highest BCUT2D eigenvalue weighted by molar-refractivity contribution is 4.87. The molecule has 5 heteroatoms. The van der Waals surface area contributed by atoms with Crippen LogP contribution in [0.1, 0.15) is 32.1 Å². The SMILES string of the molecule is CCN(Cc1ncno1)C1CCCC1CN. The molecule has 1 aromatic rings. The molecule has 1 saturated carbocycles. The summed E-state index contributed by atoms with van der Waals surface area (Å²) in [6.07, 6.45) is 5.23. The lowest BCUT2D eigenvalue weighted by atomic mass is 10.0. The first kappa shape index (κ1) is 11.5. The third kappa shape index (κ3) is 2.41. The van der Waals surface area contributed by atoms with E-state index in [0.717, 1.165) is 19.6 Å². The normalized spacial score (nSPS) is 25.4. The van der Waals surface area contributed by atoms with E-state index in [0.29, 0.717) is 17.9 Å². The zero-order valence-corrected chi connectivity index (χ0v) is 9.80. The minimum atomic E-state index is 0.585. The standard InChI is InChI=1S/C11H20N4O/c1-2-15(7-11-13-8-14-16-11)10-5-3-4-9(10)6-12/h8-10H,2-7,12H2,1H3. The van der Waals surface area contributed by atoms with Gasteiger partial charge in [0, 0.05) is 6.04 Å². The molecule has 2 rings (SSSR count). The molecule has 1 aliphatic rings. The Morgan fingerprint density at radius 2 is 2.44 bits per heavy atom. The van der Waals surface area contributed by atoms with Gasteiger partial charge in [-0.05, 0) is 31.8 Å². The van der Waals surface area contributed by atoms with Crippen LogP contribution in [0.15, 0.2) is 10.9 Å². The second-order valence-corrected chi connectivity index (χ2v) is 4.39. The minimum absolute atomic E-state index is 0.585. The van der Waals surface area contributed by atoms with Crippen molar-refractivity contribution >= 4 is 0 Å². The fourth-order valence-corrected chi connectivity index (χ4v) is 2.68. The van der Waals surface area contributed by atoms with Gasteiger partial charge in [-0.1, -0.05) is 18.5 Å². The van der Waals surface area contributed by atoms with E-state index in [2.05, 4.69) is 22.0 Å². The predicted octanol–water partition coefficient (Wildman–Crippen LogP) is 1.02. The van der Waals surface area contributed by atoms with Gasteiger partial charge in [0.25, 0.3) is 0 Å². The van der Waals surface area contributed by atoms with Gasteiger partial charge in [0.1, 0.15) is 0 Å². The molecule has 90 valence electrons. The molecule has 2 N–H and O–H groups in total. The Kier molecular flexibility index (Phi) is 3.90. The van der Waals surface area contributed by atoms with Gasteiger partial charge in [0.15, 0.2) is 6.33 Å². The molecule has 0 amide bonds. The van der Waals surface area contributed by atoms with Crippen molar-refractivity contribution in [3.8, 4) is 0 Å². The van der Waals surface area contributed by atoms with Crippen molar-refractivity contribution in [2.24, 2.45) is 11.7 Å². The Morgan fingerprint density at radius 1 is 1.56 bits per heavy atom. The third-order valence-corrected chi connectivity index (χ3v) is 3.54. The van der Waals surface area contributed by atoms with E-state index >= 15 is 0 Å². The number of hydrogen-bond donors (Lipinski definition) is 1. The number of nitrogens with two attached hydrogens (primary N) is 1. The molecule has 1 heterocycles. The lowest BCUT2D eigenvalue weighted by Gasteiger charge is -2.30. The van der Waals surface area contributed by atoms with Crippen molar-refractivity contribution in [3.05, 3.63) is 12.2 Å². The van der Waals surface area contributed by atoms with E-state index < -0.39 is 0 Å². The molecule has 0 saturated heterocycles. The summed E-state index contributed by atoms with van der Waals surface area (Å²) in [5.74, 6) is 1.33. The zero-order valence-electron chi connectivity index (χ0n) is 9.80. The van der Waals surface area contributed by atoms with Gasteiger partial charge in [-0.3, -0.25) is 4.90 Å². The van der Waals surface area contributed by atoms with Gasteiger partial charge in [0.05, 0.1) is 6.54 Å². The van der Waals surface area contributed by atoms with Gasteiger partial charge >= 0.3 is 0 Å². The molecule has 5 nitrogen and oxygen atoms in total. The molecule has 16 heavy (non-hydrogen) atoms. The number of aromatic nitrogens is 2. The van der Waals surface area contributed by atoms with Crippen LogP contribution in [-0.2, 0) is 6.54 Å². The summed E-state index contributed by atoms with van der Waals surface area (Å²) in [7, 11) is 0. The molecule has 1 aromatic heterocycles. The Bertz CT molecular complexity index is 301. The minimum Gasteiger partial charge on any atom is -0.338 e. The molecular formula is C11H20N4O. The second kappa shape index (κ2) is 5.41. The lowest BCUT2D eigenvalue weighted by Crippen LogP contribution is -2.39. The number of rotatable bonds is 5. The van der Waals surface area contributed by atoms with Crippen LogP contribution >= 0.6 is 0 Å². The highest BCUT2D eigenvalue weighted by Gasteiger charge is 2.30. The Morgan fingerprint density at radius 3 is 3.06 bits per heavy atom. The molecule has 2 atom stereocenters. The highest BCUT2D eigenvalue weighted by Crippen LogP contribution is 2.29. The summed E-state index contributed by atoms with van der Waals surface area (Å²) in [4.78, 5) is 6.48. The van der Waals surface area contributed by atoms with Crippen LogP contribution in [0.3, 0.4) is 0 Å². The molecule has 0 spiro atoms. The van der Waals surface area contributed by atoms with Crippen molar-refractivity contribution < 1.29 is 4.52 Å². The van der Waals surface area contributed by atoms with Crippen LogP contribution < -0.4 is 5.73 Å². The maximum atomic E-state index is 5.81. The molecule has 2 unspecified atom stereocenters. The predicted molar refractivity (Wildman–Crippen MR) is 60.6 cm³/mol. The summed E-state index contributed by atoms with van der Waals surface area (Å²) < 4.78 is 5.06. The third-order valence-electron chi connectivity index (χ3n) is 3.54. The van der Waals surface area contributed by atoms with Crippen LogP contribution in [-0.4, -0.2) is 34.2 Å². The maximum Gasteiger partial charge on any atom is 0.240 e. The van der Waals surface area contributed by atoms with E-state index in [9.17, 15) is 0 Å². The first-order valence-electron chi connectivity index (χ1n) is 6.04. The summed E-state index contributed by atoms with van der Waals surface area (Å²) in [5, 5.41) is 3.64. The van der Waals surface area contributed by atoms with Crippen LogP contribution in [0.25, 0.3) is 0 Å². The van der Waals surface area contributed by atoms with Crippen LogP contribution in [0.4, 0.5) is 0 Å². The van der Waals surface area contributed by atoms with Gasteiger partial charge in [-0.25, -0.2) is 0 Å². The smallest absolute Gasteiger partial charge is 0.240 e. The number of nitrogens with zero attached hydrogens (tertiary/aromatic N) is 3. The molecule has 1 aliphatic carbocycles. The highest BCUT2D eigenvalue weighted by atomic mass is 16.5. The van der Waals surface area contributed by atoms with Crippen LogP contribution in [0, 0.1) is 5.92 Å².